The number of hydrogen-bond donors (Lipinski definition) is 0. The number of amides is 2. The molecule has 2 heterocycles. The summed E-state index contributed by atoms with van der Waals surface area (Å²) in [6.07, 6.45) is 3.58. The first kappa shape index (κ1) is 15.1. The maximum absolute atomic E-state index is 13.1. The Morgan fingerprint density at radius 2 is 2.00 bits per heavy atom. The molecule has 23 heavy (non-hydrogen) atoms. The Balaban J connectivity index is 1.57. The van der Waals surface area contributed by atoms with E-state index in [1.807, 2.05) is 39.8 Å². The number of carbonyl (C=O) groups is 2. The molecule has 3 aliphatic rings. The molecule has 122 valence electrons. The zero-order valence-electron chi connectivity index (χ0n) is 13.4. The lowest BCUT2D eigenvalue weighted by Crippen LogP contribution is -2.38. The van der Waals surface area contributed by atoms with Gasteiger partial charge in [-0.15, -0.1) is 11.8 Å². The fraction of sp³-hybridized carbons (Fsp3) is 0.556. The van der Waals surface area contributed by atoms with E-state index < -0.39 is 0 Å². The largest absolute Gasteiger partial charge is 0.339 e. The predicted octanol–water partition coefficient (Wildman–Crippen LogP) is 2.91. The average Bonchev–Trinajstić information content (AvgIpc) is 3.32. The third-order valence-corrected chi connectivity index (χ3v) is 6.24. The minimum atomic E-state index is -0.172. The van der Waals surface area contributed by atoms with Gasteiger partial charge in [-0.05, 0) is 31.4 Å². The number of thioether (sulfide) groups is 1. The molecular weight excluding hydrogens is 308 g/mol. The smallest absolute Gasteiger partial charge is 0.232 e. The second-order valence-electron chi connectivity index (χ2n) is 6.85. The van der Waals surface area contributed by atoms with Crippen LogP contribution in [0.1, 0.15) is 32.6 Å². The topological polar surface area (TPSA) is 40.6 Å². The number of para-hydroxylation sites is 1. The van der Waals surface area contributed by atoms with Crippen LogP contribution in [0.2, 0.25) is 0 Å². The summed E-state index contributed by atoms with van der Waals surface area (Å²) in [6, 6.07) is 8.56. The highest BCUT2D eigenvalue weighted by Gasteiger charge is 2.43. The lowest BCUT2D eigenvalue weighted by molar-refractivity contribution is -0.128. The van der Waals surface area contributed by atoms with Crippen LogP contribution in [-0.2, 0) is 9.59 Å². The van der Waals surface area contributed by atoms with Crippen molar-refractivity contribution in [1.82, 2.24) is 4.90 Å². The summed E-state index contributed by atoms with van der Waals surface area (Å²) in [7, 11) is 0. The molecule has 1 saturated carbocycles. The first-order chi connectivity index (χ1) is 11.1. The Kier molecular flexibility index (Phi) is 3.84. The van der Waals surface area contributed by atoms with Gasteiger partial charge in [-0.3, -0.25) is 9.59 Å². The van der Waals surface area contributed by atoms with Crippen LogP contribution < -0.4 is 4.90 Å². The highest BCUT2D eigenvalue weighted by atomic mass is 32.2. The number of nitrogens with zero attached hydrogens (tertiary/aromatic N) is 2. The molecule has 2 aliphatic heterocycles. The van der Waals surface area contributed by atoms with Crippen molar-refractivity contribution in [3.05, 3.63) is 24.3 Å². The first-order valence-electron chi connectivity index (χ1n) is 8.50. The van der Waals surface area contributed by atoms with E-state index in [1.165, 1.54) is 4.90 Å². The van der Waals surface area contributed by atoms with Crippen LogP contribution >= 0.6 is 11.8 Å². The molecule has 4 rings (SSSR count). The van der Waals surface area contributed by atoms with Crippen LogP contribution in [0, 0.1) is 5.92 Å². The zero-order chi connectivity index (χ0) is 16.0. The average molecular weight is 330 g/mol. The quantitative estimate of drug-likeness (QED) is 0.837. The van der Waals surface area contributed by atoms with E-state index in [0.717, 1.165) is 31.5 Å². The van der Waals surface area contributed by atoms with Crippen LogP contribution in [0.25, 0.3) is 0 Å². The molecule has 2 fully saturated rings. The van der Waals surface area contributed by atoms with E-state index in [1.54, 1.807) is 0 Å². The summed E-state index contributed by atoms with van der Waals surface area (Å²) in [5, 5.41) is 0.502. The number of rotatable bonds is 2. The normalized spacial score (nSPS) is 27.8. The highest BCUT2D eigenvalue weighted by Crippen LogP contribution is 2.39. The number of carbonyl (C=O) groups excluding carboxylic acids is 2. The molecule has 1 aromatic rings. The Labute approximate surface area is 141 Å². The molecule has 0 N–H and O–H groups in total. The van der Waals surface area contributed by atoms with Gasteiger partial charge in [0, 0.05) is 35.7 Å². The van der Waals surface area contributed by atoms with Crippen molar-refractivity contribution >= 4 is 29.3 Å². The number of likely N-dealkylation sites (tertiary alicyclic amines) is 1. The molecule has 0 unspecified atom stereocenters. The first-order valence-corrected chi connectivity index (χ1v) is 9.38. The lowest BCUT2D eigenvalue weighted by atomic mass is 10.1. The van der Waals surface area contributed by atoms with Gasteiger partial charge in [-0.1, -0.05) is 19.1 Å². The van der Waals surface area contributed by atoms with E-state index in [4.69, 9.17) is 0 Å². The van der Waals surface area contributed by atoms with Crippen LogP contribution in [-0.4, -0.2) is 41.1 Å². The van der Waals surface area contributed by atoms with Crippen LogP contribution in [0.3, 0.4) is 0 Å². The van der Waals surface area contributed by atoms with Crippen molar-refractivity contribution in [2.45, 2.75) is 48.8 Å². The molecule has 1 aliphatic carbocycles. The molecule has 1 aromatic carbocycles. The van der Waals surface area contributed by atoms with Gasteiger partial charge < -0.3 is 9.80 Å². The maximum Gasteiger partial charge on any atom is 0.232 e. The third-order valence-electron chi connectivity index (χ3n) is 5.00. The van der Waals surface area contributed by atoms with Crippen LogP contribution in [0.4, 0.5) is 5.69 Å². The maximum atomic E-state index is 13.1. The Hall–Kier alpha value is -1.49. The number of fused-ring (bicyclic) bond motifs is 1. The predicted molar refractivity (Wildman–Crippen MR) is 91.6 cm³/mol. The minimum absolute atomic E-state index is 0.128. The SMILES string of the molecule is C[C@@H]1CCN(C(=O)[C@@H]2CC(=O)N(C3CC3)C2)c2ccccc2S1. The number of anilines is 1. The molecule has 4 nitrogen and oxygen atoms in total. The summed E-state index contributed by atoms with van der Waals surface area (Å²) in [4.78, 5) is 30.3. The van der Waals surface area contributed by atoms with E-state index in [-0.39, 0.29) is 17.7 Å². The summed E-state index contributed by atoms with van der Waals surface area (Å²) in [5.74, 6) is 0.120. The fourth-order valence-electron chi connectivity index (χ4n) is 3.57. The van der Waals surface area contributed by atoms with E-state index in [0.29, 0.717) is 24.3 Å². The standard InChI is InChI=1S/C18H22N2O2S/c1-12-8-9-19(15-4-2-3-5-16(15)23-12)18(22)13-10-17(21)20(11-13)14-6-7-14/h2-5,12-14H,6-11H2,1H3/t12-,13-/m1/s1. The van der Waals surface area contributed by atoms with Crippen LogP contribution in [0.15, 0.2) is 29.2 Å². The molecule has 2 atom stereocenters. The van der Waals surface area contributed by atoms with Gasteiger partial charge in [0.1, 0.15) is 0 Å². The van der Waals surface area contributed by atoms with Crippen molar-refractivity contribution < 1.29 is 9.59 Å². The second kappa shape index (κ2) is 5.86. The molecule has 2 amide bonds. The Morgan fingerprint density at radius 1 is 1.22 bits per heavy atom. The minimum Gasteiger partial charge on any atom is -0.339 e. The van der Waals surface area contributed by atoms with E-state index >= 15 is 0 Å². The van der Waals surface area contributed by atoms with Crippen molar-refractivity contribution in [3.8, 4) is 0 Å². The van der Waals surface area contributed by atoms with Gasteiger partial charge in [-0.25, -0.2) is 0 Å². The monoisotopic (exact) mass is 330 g/mol. The van der Waals surface area contributed by atoms with Crippen molar-refractivity contribution in [1.29, 1.82) is 0 Å². The van der Waals surface area contributed by atoms with Gasteiger partial charge in [0.2, 0.25) is 11.8 Å². The third kappa shape index (κ3) is 2.87. The Morgan fingerprint density at radius 3 is 2.78 bits per heavy atom. The van der Waals surface area contributed by atoms with E-state index in [9.17, 15) is 9.59 Å². The van der Waals surface area contributed by atoms with Crippen LogP contribution in [0.5, 0.6) is 0 Å². The Bertz CT molecular complexity index is 644. The number of hydrogen-bond acceptors (Lipinski definition) is 3. The molecule has 1 saturated heterocycles. The summed E-state index contributed by atoms with van der Waals surface area (Å²) >= 11 is 1.84. The second-order valence-corrected chi connectivity index (χ2v) is 8.33. The van der Waals surface area contributed by atoms with Gasteiger partial charge in [0.25, 0.3) is 0 Å². The summed E-state index contributed by atoms with van der Waals surface area (Å²) in [6.45, 7) is 3.57. The van der Waals surface area contributed by atoms with Crippen molar-refractivity contribution in [2.24, 2.45) is 5.92 Å². The molecule has 0 bridgehead atoms. The highest BCUT2D eigenvalue weighted by molar-refractivity contribution is 8.00. The van der Waals surface area contributed by atoms with Gasteiger partial charge in [0.05, 0.1) is 11.6 Å². The number of benzene rings is 1. The van der Waals surface area contributed by atoms with Gasteiger partial charge in [0.15, 0.2) is 0 Å². The molecule has 0 aromatic heterocycles. The van der Waals surface area contributed by atoms with E-state index in [2.05, 4.69) is 13.0 Å². The zero-order valence-corrected chi connectivity index (χ0v) is 14.2. The molecular formula is C18H22N2O2S. The van der Waals surface area contributed by atoms with Crippen molar-refractivity contribution in [3.63, 3.8) is 0 Å². The van der Waals surface area contributed by atoms with Crippen molar-refractivity contribution in [2.75, 3.05) is 18.0 Å². The molecule has 5 heteroatoms. The molecule has 0 radical (unpaired) electrons. The molecule has 0 spiro atoms. The van der Waals surface area contributed by atoms with Gasteiger partial charge in [-0.2, -0.15) is 0 Å². The van der Waals surface area contributed by atoms with Gasteiger partial charge >= 0.3 is 0 Å². The summed E-state index contributed by atoms with van der Waals surface area (Å²) < 4.78 is 0. The lowest BCUT2D eigenvalue weighted by Gasteiger charge is -2.25. The fourth-order valence-corrected chi connectivity index (χ4v) is 4.69. The summed E-state index contributed by atoms with van der Waals surface area (Å²) in [5.41, 5.74) is 1.02.